The number of ether oxygens (including phenoxy) is 2. The minimum Gasteiger partial charge on any atom is -0.495 e. The zero-order valence-corrected chi connectivity index (χ0v) is 37.0. The molecule has 15 heteroatoms. The van der Waals surface area contributed by atoms with Gasteiger partial charge < -0.3 is 39.7 Å². The van der Waals surface area contributed by atoms with Crippen molar-refractivity contribution in [3.8, 4) is 34.5 Å². The average Bonchev–Trinajstić information content (AvgIpc) is 3.87. The van der Waals surface area contributed by atoms with Crippen molar-refractivity contribution in [2.24, 2.45) is 0 Å². The maximum absolute atomic E-state index is 13.8. The van der Waals surface area contributed by atoms with Gasteiger partial charge in [0.05, 0.1) is 42.2 Å². The van der Waals surface area contributed by atoms with Crippen LogP contribution in [0.4, 0.5) is 18.9 Å². The fraction of sp³-hybridized carbons (Fsp3) is 0.300. The third-order valence-electron chi connectivity index (χ3n) is 11.0. The molecule has 0 saturated carbocycles. The van der Waals surface area contributed by atoms with Crippen molar-refractivity contribution in [3.05, 3.63) is 119 Å². The van der Waals surface area contributed by atoms with E-state index in [1.165, 1.54) is 17.9 Å². The van der Waals surface area contributed by atoms with E-state index in [1.54, 1.807) is 60.7 Å². The SMILES string of the molecule is C=C(CCN(CC)CCCCCC(=O)NCCOc1ccc(-c2cc3c(C(=O)O)c[nH]c3cc2Cl)cc1)c1cccc2c1cc(C#CCNc1ccc(C=O)cc1OC)n2CC(F)(F)F. The first kappa shape index (κ1) is 47.8. The number of carbonyl (C=O) groups is 3. The third kappa shape index (κ3) is 12.7. The number of methoxy groups -OCH3 is 1. The first-order chi connectivity index (χ1) is 31.3. The Morgan fingerprint density at radius 3 is 2.51 bits per heavy atom. The van der Waals surface area contributed by atoms with Crippen LogP contribution in [0, 0.1) is 11.8 Å². The van der Waals surface area contributed by atoms with Crippen molar-refractivity contribution < 1.29 is 42.1 Å². The van der Waals surface area contributed by atoms with E-state index in [0.29, 0.717) is 87.4 Å². The second-order valence-corrected chi connectivity index (χ2v) is 15.8. The van der Waals surface area contributed by atoms with Crippen molar-refractivity contribution in [3.63, 3.8) is 0 Å². The molecule has 65 heavy (non-hydrogen) atoms. The van der Waals surface area contributed by atoms with Crippen molar-refractivity contribution >= 4 is 62.8 Å². The van der Waals surface area contributed by atoms with E-state index in [0.717, 1.165) is 55.6 Å². The molecule has 340 valence electrons. The van der Waals surface area contributed by atoms with Crippen LogP contribution >= 0.6 is 11.6 Å². The van der Waals surface area contributed by atoms with E-state index in [9.17, 15) is 32.7 Å². The zero-order chi connectivity index (χ0) is 46.5. The average molecular weight is 910 g/mol. The van der Waals surface area contributed by atoms with Gasteiger partial charge in [-0.1, -0.05) is 61.7 Å². The number of unbranched alkanes of at least 4 members (excludes halogenated alkanes) is 2. The van der Waals surface area contributed by atoms with Gasteiger partial charge in [0.2, 0.25) is 5.91 Å². The summed E-state index contributed by atoms with van der Waals surface area (Å²) in [5, 5.41) is 17.2. The van der Waals surface area contributed by atoms with Crippen molar-refractivity contribution in [1.29, 1.82) is 0 Å². The molecule has 11 nitrogen and oxygen atoms in total. The van der Waals surface area contributed by atoms with E-state index in [4.69, 9.17) is 21.1 Å². The highest BCUT2D eigenvalue weighted by molar-refractivity contribution is 6.34. The number of rotatable bonds is 22. The first-order valence-corrected chi connectivity index (χ1v) is 21.7. The quantitative estimate of drug-likeness (QED) is 0.0300. The minimum atomic E-state index is -4.46. The Morgan fingerprint density at radius 1 is 0.985 bits per heavy atom. The largest absolute Gasteiger partial charge is 0.495 e. The third-order valence-corrected chi connectivity index (χ3v) is 11.3. The van der Waals surface area contributed by atoms with Crippen LogP contribution in [0.1, 0.15) is 71.0 Å². The molecule has 0 aliphatic heterocycles. The summed E-state index contributed by atoms with van der Waals surface area (Å²) in [4.78, 5) is 40.5. The fourth-order valence-corrected chi connectivity index (χ4v) is 7.89. The number of alkyl halides is 3. The molecule has 0 radical (unpaired) electrons. The molecule has 0 fully saturated rings. The summed E-state index contributed by atoms with van der Waals surface area (Å²) in [6.07, 6.45) is 1.23. The molecular formula is C50H51ClF3N5O6. The number of carbonyl (C=O) groups excluding carboxylic acids is 2. The molecule has 0 saturated heterocycles. The Morgan fingerprint density at radius 2 is 1.78 bits per heavy atom. The highest BCUT2D eigenvalue weighted by Gasteiger charge is 2.30. The molecule has 0 bridgehead atoms. The standard InChI is InChI=1S/C50H51ClF3N5O6/c1-4-58(23-7-5-6-13-48(61)56-22-25-65-37-17-15-35(16-18-37)39-28-40-42(49(62)63)30-57-45(40)29-43(39)51)24-20-33(2)38-11-8-12-46-41(38)27-36(59(46)32-50(52,53)54)10-9-21-55-44-19-14-34(31-60)26-47(44)64-3/h8,11-12,14-19,26-31,55,57H,2,4-7,13,20-25,32H2,1,3H3,(H,56,61)(H,62,63). The summed E-state index contributed by atoms with van der Waals surface area (Å²) in [6, 6.07) is 22.6. The predicted molar refractivity (Wildman–Crippen MR) is 250 cm³/mol. The number of carboxylic acid groups (broad SMARTS) is 1. The fourth-order valence-electron chi connectivity index (χ4n) is 7.62. The van der Waals surface area contributed by atoms with Gasteiger partial charge in [0.1, 0.15) is 30.9 Å². The second kappa shape index (κ2) is 22.3. The monoisotopic (exact) mass is 909 g/mol. The Kier molecular flexibility index (Phi) is 16.4. The Bertz CT molecular complexity index is 2720. The van der Waals surface area contributed by atoms with Gasteiger partial charge in [-0.3, -0.25) is 9.59 Å². The van der Waals surface area contributed by atoms with Gasteiger partial charge in [0, 0.05) is 52.1 Å². The first-order valence-electron chi connectivity index (χ1n) is 21.3. The number of aldehydes is 1. The number of halogens is 4. The molecule has 2 aromatic heterocycles. The molecule has 6 rings (SSSR count). The number of aromatic amines is 1. The van der Waals surface area contributed by atoms with Gasteiger partial charge in [-0.05, 0) is 110 Å². The lowest BCUT2D eigenvalue weighted by Gasteiger charge is -2.21. The van der Waals surface area contributed by atoms with Gasteiger partial charge in [-0.2, -0.15) is 13.2 Å². The van der Waals surface area contributed by atoms with E-state index in [1.807, 2.05) is 18.2 Å². The summed E-state index contributed by atoms with van der Waals surface area (Å²) in [7, 11) is 1.48. The Labute approximate surface area is 380 Å². The number of aromatic nitrogens is 2. The van der Waals surface area contributed by atoms with E-state index >= 15 is 0 Å². The van der Waals surface area contributed by atoms with Crippen LogP contribution in [0.2, 0.25) is 5.02 Å². The summed E-state index contributed by atoms with van der Waals surface area (Å²) >= 11 is 6.50. The Hall–Kier alpha value is -6.69. The molecule has 1 amide bonds. The number of carboxylic acids is 1. The maximum atomic E-state index is 13.8. The molecule has 6 aromatic rings. The van der Waals surface area contributed by atoms with Crippen LogP contribution < -0.4 is 20.1 Å². The lowest BCUT2D eigenvalue weighted by atomic mass is 10.00. The summed E-state index contributed by atoms with van der Waals surface area (Å²) in [6.45, 7) is 8.36. The smallest absolute Gasteiger partial charge is 0.406 e. The highest BCUT2D eigenvalue weighted by Crippen LogP contribution is 2.35. The van der Waals surface area contributed by atoms with Gasteiger partial charge in [-0.15, -0.1) is 0 Å². The molecule has 0 atom stereocenters. The van der Waals surface area contributed by atoms with Crippen LogP contribution in [0.25, 0.3) is 38.5 Å². The molecule has 4 N–H and O–H groups in total. The molecule has 0 unspecified atom stereocenters. The van der Waals surface area contributed by atoms with Crippen molar-refractivity contribution in [2.75, 3.05) is 51.8 Å². The number of nitrogens with one attached hydrogen (secondary N) is 3. The summed E-state index contributed by atoms with van der Waals surface area (Å²) in [5.74, 6) is 5.86. The van der Waals surface area contributed by atoms with Gasteiger partial charge in [0.25, 0.3) is 0 Å². The number of benzene rings is 4. The molecule has 2 heterocycles. The predicted octanol–water partition coefficient (Wildman–Crippen LogP) is 10.5. The number of aromatic carboxylic acids is 1. The number of nitrogens with zero attached hydrogens (tertiary/aromatic N) is 2. The molecule has 0 aliphatic carbocycles. The van der Waals surface area contributed by atoms with Crippen LogP contribution in [0.15, 0.2) is 91.6 Å². The molecule has 0 spiro atoms. The Balaban J connectivity index is 0.925. The van der Waals surface area contributed by atoms with Crippen LogP contribution in [0.3, 0.4) is 0 Å². The van der Waals surface area contributed by atoms with Crippen molar-refractivity contribution in [1.82, 2.24) is 19.8 Å². The lowest BCUT2D eigenvalue weighted by molar-refractivity contribution is -0.140. The van der Waals surface area contributed by atoms with Gasteiger partial charge in [-0.25, -0.2) is 4.79 Å². The summed E-state index contributed by atoms with van der Waals surface area (Å²) < 4.78 is 53.8. The van der Waals surface area contributed by atoms with Gasteiger partial charge in [0.15, 0.2) is 0 Å². The van der Waals surface area contributed by atoms with Crippen molar-refractivity contribution in [2.45, 2.75) is 51.7 Å². The van der Waals surface area contributed by atoms with Crippen LogP contribution in [-0.2, 0) is 11.3 Å². The number of hydrogen-bond acceptors (Lipinski definition) is 7. The normalized spacial score (nSPS) is 11.4. The zero-order valence-electron chi connectivity index (χ0n) is 36.2. The second-order valence-electron chi connectivity index (χ2n) is 15.4. The van der Waals surface area contributed by atoms with Crippen LogP contribution in [-0.4, -0.2) is 90.3 Å². The van der Waals surface area contributed by atoms with E-state index < -0.39 is 18.7 Å². The number of amides is 1. The maximum Gasteiger partial charge on any atom is 0.406 e. The molecule has 0 aliphatic rings. The number of fused-ring (bicyclic) bond motifs is 2. The molecule has 4 aromatic carbocycles. The van der Waals surface area contributed by atoms with E-state index in [2.05, 4.69) is 45.9 Å². The topological polar surface area (TPSA) is 138 Å². The number of hydrogen-bond donors (Lipinski definition) is 4. The van der Waals surface area contributed by atoms with E-state index in [-0.39, 0.29) is 23.7 Å². The summed E-state index contributed by atoms with van der Waals surface area (Å²) in [5.41, 5.74) is 5.63. The molecular weight excluding hydrogens is 859 g/mol. The minimum absolute atomic E-state index is 0.0462. The number of anilines is 1. The lowest BCUT2D eigenvalue weighted by Crippen LogP contribution is -2.28. The van der Waals surface area contributed by atoms with Crippen LogP contribution in [0.5, 0.6) is 11.5 Å². The highest BCUT2D eigenvalue weighted by atomic mass is 35.5. The van der Waals surface area contributed by atoms with Gasteiger partial charge >= 0.3 is 12.1 Å². The number of H-pyrrole nitrogens is 1.